The lowest BCUT2D eigenvalue weighted by molar-refractivity contribution is -0.151. The summed E-state index contributed by atoms with van der Waals surface area (Å²) in [4.78, 5) is 35.8. The van der Waals surface area contributed by atoms with Crippen LogP contribution >= 0.6 is 11.6 Å². The molecular weight excluding hydrogens is 308 g/mol. The molecule has 22 heavy (non-hydrogen) atoms. The van der Waals surface area contributed by atoms with Gasteiger partial charge in [-0.15, -0.1) is 0 Å². The van der Waals surface area contributed by atoms with Gasteiger partial charge in [-0.05, 0) is 17.7 Å². The highest BCUT2D eigenvalue weighted by Gasteiger charge is 2.19. The average molecular weight is 327 g/mol. The molecule has 6 nitrogen and oxygen atoms in total. The molecule has 7 heteroatoms. The van der Waals surface area contributed by atoms with Gasteiger partial charge in [-0.2, -0.15) is 0 Å². The van der Waals surface area contributed by atoms with Crippen LogP contribution in [0.1, 0.15) is 24.9 Å². The molecule has 120 valence electrons. The molecule has 0 fully saturated rings. The molecule has 2 amide bonds. The summed E-state index contributed by atoms with van der Waals surface area (Å²) >= 11 is 5.82. The van der Waals surface area contributed by atoms with Crippen LogP contribution in [0, 0.1) is 0 Å². The van der Waals surface area contributed by atoms with Gasteiger partial charge in [0.25, 0.3) is 5.91 Å². The van der Waals surface area contributed by atoms with Gasteiger partial charge in [-0.25, -0.2) is 0 Å². The van der Waals surface area contributed by atoms with Crippen molar-refractivity contribution in [3.8, 4) is 0 Å². The second-order valence-electron chi connectivity index (χ2n) is 4.96. The fraction of sp³-hybridized carbons (Fsp3) is 0.400. The van der Waals surface area contributed by atoms with Crippen LogP contribution in [0.3, 0.4) is 0 Å². The van der Waals surface area contributed by atoms with Gasteiger partial charge >= 0.3 is 5.97 Å². The fourth-order valence-electron chi connectivity index (χ4n) is 1.69. The summed E-state index contributed by atoms with van der Waals surface area (Å²) in [6.45, 7) is 1.04. The van der Waals surface area contributed by atoms with Crippen LogP contribution in [0.4, 0.5) is 0 Å². The smallest absolute Gasteiger partial charge is 0.308 e. The first-order valence-corrected chi connectivity index (χ1v) is 7.05. The number of hydrogen-bond acceptors (Lipinski definition) is 4. The van der Waals surface area contributed by atoms with Crippen molar-refractivity contribution in [3.63, 3.8) is 0 Å². The van der Waals surface area contributed by atoms with E-state index in [1.165, 1.54) is 11.8 Å². The van der Waals surface area contributed by atoms with Gasteiger partial charge < -0.3 is 15.0 Å². The monoisotopic (exact) mass is 326 g/mol. The summed E-state index contributed by atoms with van der Waals surface area (Å²) in [5, 5.41) is 3.24. The van der Waals surface area contributed by atoms with E-state index < -0.39 is 12.0 Å². The maximum absolute atomic E-state index is 11.8. The van der Waals surface area contributed by atoms with Crippen molar-refractivity contribution >= 4 is 29.4 Å². The molecule has 0 aliphatic carbocycles. The molecule has 0 aliphatic rings. The van der Waals surface area contributed by atoms with E-state index in [9.17, 15) is 14.4 Å². The maximum atomic E-state index is 11.8. The van der Waals surface area contributed by atoms with Gasteiger partial charge in [-0.1, -0.05) is 23.7 Å². The van der Waals surface area contributed by atoms with Crippen molar-refractivity contribution in [2.24, 2.45) is 0 Å². The van der Waals surface area contributed by atoms with Crippen LogP contribution < -0.4 is 5.32 Å². The van der Waals surface area contributed by atoms with Crippen LogP contribution in [0.2, 0.25) is 5.02 Å². The minimum Gasteiger partial charge on any atom is -0.455 e. The Morgan fingerprint density at radius 1 is 1.23 bits per heavy atom. The van der Waals surface area contributed by atoms with Crippen LogP contribution in [-0.2, 0) is 19.1 Å². The first-order chi connectivity index (χ1) is 10.3. The molecule has 0 aromatic heterocycles. The molecule has 1 unspecified atom stereocenters. The summed E-state index contributed by atoms with van der Waals surface area (Å²) in [6.07, 6.45) is -0.0675. The second kappa shape index (κ2) is 8.38. The highest BCUT2D eigenvalue weighted by Crippen LogP contribution is 2.20. The number of hydrogen-bond donors (Lipinski definition) is 1. The molecular formula is C15H19ClN2O4. The van der Waals surface area contributed by atoms with Gasteiger partial charge in [0.2, 0.25) is 5.91 Å². The standard InChI is InChI=1S/C15H19ClN2O4/c1-10(19)17-13(11-4-6-12(16)7-5-11)8-15(21)22-9-14(20)18(2)3/h4-7,13H,8-9H2,1-3H3,(H,17,19). The normalized spacial score (nSPS) is 11.5. The van der Waals surface area contributed by atoms with Gasteiger partial charge in [0.1, 0.15) is 0 Å². The number of likely N-dealkylation sites (N-methyl/N-ethyl adjacent to an activating group) is 1. The van der Waals surface area contributed by atoms with E-state index in [1.807, 2.05) is 0 Å². The number of carbonyl (C=O) groups excluding carboxylic acids is 3. The number of rotatable bonds is 6. The first kappa shape index (κ1) is 18.0. The molecule has 0 aliphatic heterocycles. The molecule has 1 atom stereocenters. The Morgan fingerprint density at radius 2 is 1.82 bits per heavy atom. The Labute approximate surface area is 134 Å². The summed E-state index contributed by atoms with van der Waals surface area (Å²) in [5.74, 6) is -1.14. The van der Waals surface area contributed by atoms with Crippen molar-refractivity contribution in [1.82, 2.24) is 10.2 Å². The Balaban J connectivity index is 2.69. The maximum Gasteiger partial charge on any atom is 0.308 e. The molecule has 1 N–H and O–H groups in total. The Hall–Kier alpha value is -2.08. The summed E-state index contributed by atoms with van der Waals surface area (Å²) in [7, 11) is 3.15. The molecule has 0 heterocycles. The molecule has 1 aromatic rings. The number of halogens is 1. The number of carbonyl (C=O) groups is 3. The Morgan fingerprint density at radius 3 is 2.32 bits per heavy atom. The van der Waals surface area contributed by atoms with Crippen molar-refractivity contribution in [2.75, 3.05) is 20.7 Å². The molecule has 1 aromatic carbocycles. The third kappa shape index (κ3) is 6.13. The lowest BCUT2D eigenvalue weighted by Gasteiger charge is -2.18. The van der Waals surface area contributed by atoms with Crippen molar-refractivity contribution < 1.29 is 19.1 Å². The topological polar surface area (TPSA) is 75.7 Å². The number of ether oxygens (including phenoxy) is 1. The first-order valence-electron chi connectivity index (χ1n) is 6.68. The van der Waals surface area contributed by atoms with E-state index in [0.29, 0.717) is 5.02 Å². The number of amides is 2. The van der Waals surface area contributed by atoms with Crippen LogP contribution in [0.25, 0.3) is 0 Å². The number of nitrogens with one attached hydrogen (secondary N) is 1. The van der Waals surface area contributed by atoms with Gasteiger partial charge in [-0.3, -0.25) is 14.4 Å². The summed E-state index contributed by atoms with van der Waals surface area (Å²) in [6, 6.07) is 6.26. The summed E-state index contributed by atoms with van der Waals surface area (Å²) < 4.78 is 4.91. The molecule has 1 rings (SSSR count). The third-order valence-electron chi connectivity index (χ3n) is 2.88. The van der Waals surface area contributed by atoms with E-state index in [-0.39, 0.29) is 24.8 Å². The lowest BCUT2D eigenvalue weighted by atomic mass is 10.0. The fourth-order valence-corrected chi connectivity index (χ4v) is 1.82. The van der Waals surface area contributed by atoms with E-state index in [4.69, 9.17) is 16.3 Å². The van der Waals surface area contributed by atoms with Crippen LogP contribution in [0.5, 0.6) is 0 Å². The quantitative estimate of drug-likeness (QED) is 0.805. The van der Waals surface area contributed by atoms with Gasteiger partial charge in [0.05, 0.1) is 12.5 Å². The Bertz CT molecular complexity index is 543. The van der Waals surface area contributed by atoms with Crippen molar-refractivity contribution in [2.45, 2.75) is 19.4 Å². The third-order valence-corrected chi connectivity index (χ3v) is 3.13. The number of esters is 1. The number of benzene rings is 1. The average Bonchev–Trinajstić information content (AvgIpc) is 2.44. The number of nitrogens with zero attached hydrogens (tertiary/aromatic N) is 1. The van der Waals surface area contributed by atoms with E-state index in [1.54, 1.807) is 38.4 Å². The predicted octanol–water partition coefficient (Wildman–Crippen LogP) is 1.54. The SMILES string of the molecule is CC(=O)NC(CC(=O)OCC(=O)N(C)C)c1ccc(Cl)cc1. The summed E-state index contributed by atoms with van der Waals surface area (Å²) in [5.41, 5.74) is 0.732. The predicted molar refractivity (Wildman–Crippen MR) is 82.3 cm³/mol. The largest absolute Gasteiger partial charge is 0.455 e. The minimum atomic E-state index is -0.566. The van der Waals surface area contributed by atoms with Crippen molar-refractivity contribution in [1.29, 1.82) is 0 Å². The van der Waals surface area contributed by atoms with Gasteiger partial charge in [0.15, 0.2) is 6.61 Å². The second-order valence-corrected chi connectivity index (χ2v) is 5.39. The van der Waals surface area contributed by atoms with E-state index in [2.05, 4.69) is 5.32 Å². The van der Waals surface area contributed by atoms with Crippen LogP contribution in [0.15, 0.2) is 24.3 Å². The zero-order valence-electron chi connectivity index (χ0n) is 12.8. The molecule has 0 spiro atoms. The molecule has 0 bridgehead atoms. The lowest BCUT2D eigenvalue weighted by Crippen LogP contribution is -2.31. The van der Waals surface area contributed by atoms with Crippen LogP contribution in [-0.4, -0.2) is 43.4 Å². The van der Waals surface area contributed by atoms with E-state index >= 15 is 0 Å². The van der Waals surface area contributed by atoms with E-state index in [0.717, 1.165) is 5.56 Å². The molecule has 0 saturated heterocycles. The van der Waals surface area contributed by atoms with Crippen molar-refractivity contribution in [3.05, 3.63) is 34.9 Å². The molecule has 0 radical (unpaired) electrons. The zero-order valence-corrected chi connectivity index (χ0v) is 13.5. The Kier molecular flexibility index (Phi) is 6.85. The zero-order chi connectivity index (χ0) is 16.7. The highest BCUT2D eigenvalue weighted by atomic mass is 35.5. The minimum absolute atomic E-state index is 0.0675. The van der Waals surface area contributed by atoms with Gasteiger partial charge in [0, 0.05) is 26.0 Å². The highest BCUT2D eigenvalue weighted by molar-refractivity contribution is 6.30. The molecule has 0 saturated carbocycles.